The van der Waals surface area contributed by atoms with E-state index in [0.717, 1.165) is 21.1 Å². The second kappa shape index (κ2) is 6.34. The third-order valence-electron chi connectivity index (χ3n) is 2.43. The fourth-order valence-electron chi connectivity index (χ4n) is 1.53. The molecule has 0 N–H and O–H groups in total. The van der Waals surface area contributed by atoms with Crippen molar-refractivity contribution < 1.29 is 9.13 Å². The molecule has 4 heteroatoms. The van der Waals surface area contributed by atoms with Crippen LogP contribution in [-0.2, 0) is 11.9 Å². The smallest absolute Gasteiger partial charge is 0.134 e. The summed E-state index contributed by atoms with van der Waals surface area (Å²) < 4.78 is 19.5. The molecule has 0 fully saturated rings. The van der Waals surface area contributed by atoms with Crippen LogP contribution in [0.1, 0.15) is 11.1 Å². The van der Waals surface area contributed by atoms with Gasteiger partial charge in [-0.3, -0.25) is 0 Å². The summed E-state index contributed by atoms with van der Waals surface area (Å²) in [6.07, 6.45) is 0. The highest BCUT2D eigenvalue weighted by atomic mass is 79.9. The van der Waals surface area contributed by atoms with Gasteiger partial charge in [-0.15, -0.1) is 0 Å². The first kappa shape index (κ1) is 13.6. The lowest BCUT2D eigenvalue weighted by Gasteiger charge is -2.09. The van der Waals surface area contributed by atoms with Crippen LogP contribution in [-0.4, -0.2) is 0 Å². The Morgan fingerprint density at radius 2 is 1.89 bits per heavy atom. The summed E-state index contributed by atoms with van der Waals surface area (Å²) in [6.45, 7) is 0.351. The van der Waals surface area contributed by atoms with E-state index in [1.165, 1.54) is 17.7 Å². The summed E-state index contributed by atoms with van der Waals surface area (Å²) in [5.41, 5.74) is 1.98. The SMILES string of the molecule is Fc1cccc(COc2ccc(CBr)cc2Br)c1. The third kappa shape index (κ3) is 3.56. The summed E-state index contributed by atoms with van der Waals surface area (Å²) >= 11 is 6.85. The zero-order chi connectivity index (χ0) is 13.0. The van der Waals surface area contributed by atoms with Crippen molar-refractivity contribution in [2.24, 2.45) is 0 Å². The zero-order valence-electron chi connectivity index (χ0n) is 9.50. The van der Waals surface area contributed by atoms with Crippen molar-refractivity contribution in [3.05, 3.63) is 63.9 Å². The van der Waals surface area contributed by atoms with E-state index in [9.17, 15) is 4.39 Å². The van der Waals surface area contributed by atoms with Crippen LogP contribution in [0, 0.1) is 5.82 Å². The van der Waals surface area contributed by atoms with E-state index >= 15 is 0 Å². The van der Waals surface area contributed by atoms with E-state index in [0.29, 0.717) is 6.61 Å². The maximum absolute atomic E-state index is 13.0. The van der Waals surface area contributed by atoms with Crippen LogP contribution in [0.4, 0.5) is 4.39 Å². The molecule has 2 rings (SSSR count). The van der Waals surface area contributed by atoms with E-state index in [-0.39, 0.29) is 5.82 Å². The second-order valence-corrected chi connectivity index (χ2v) is 5.23. The van der Waals surface area contributed by atoms with Gasteiger partial charge in [0.05, 0.1) is 4.47 Å². The van der Waals surface area contributed by atoms with Gasteiger partial charge in [0, 0.05) is 5.33 Å². The lowest BCUT2D eigenvalue weighted by Crippen LogP contribution is -1.96. The highest BCUT2D eigenvalue weighted by Gasteiger charge is 2.03. The number of rotatable bonds is 4. The van der Waals surface area contributed by atoms with Crippen molar-refractivity contribution in [3.8, 4) is 5.75 Å². The van der Waals surface area contributed by atoms with E-state index < -0.39 is 0 Å². The van der Waals surface area contributed by atoms with Gasteiger partial charge in [0.2, 0.25) is 0 Å². The number of alkyl halides is 1. The maximum Gasteiger partial charge on any atom is 0.134 e. The van der Waals surface area contributed by atoms with E-state index in [4.69, 9.17) is 4.74 Å². The Bertz CT molecular complexity index is 543. The van der Waals surface area contributed by atoms with Gasteiger partial charge >= 0.3 is 0 Å². The van der Waals surface area contributed by atoms with Gasteiger partial charge in [-0.05, 0) is 51.3 Å². The second-order valence-electron chi connectivity index (χ2n) is 3.82. The van der Waals surface area contributed by atoms with Gasteiger partial charge in [-0.2, -0.15) is 0 Å². The molecule has 0 saturated carbocycles. The van der Waals surface area contributed by atoms with Gasteiger partial charge in [0.1, 0.15) is 18.2 Å². The van der Waals surface area contributed by atoms with Crippen molar-refractivity contribution >= 4 is 31.9 Å². The van der Waals surface area contributed by atoms with Crippen LogP contribution in [0.15, 0.2) is 46.9 Å². The number of hydrogen-bond acceptors (Lipinski definition) is 1. The first-order chi connectivity index (χ1) is 8.69. The van der Waals surface area contributed by atoms with Crippen LogP contribution in [0.25, 0.3) is 0 Å². The largest absolute Gasteiger partial charge is 0.488 e. The first-order valence-electron chi connectivity index (χ1n) is 5.40. The summed E-state index contributed by atoms with van der Waals surface area (Å²) in [4.78, 5) is 0. The first-order valence-corrected chi connectivity index (χ1v) is 7.32. The molecule has 94 valence electrons. The standard InChI is InChI=1S/C14H11Br2FO/c15-8-10-4-5-14(13(16)7-10)18-9-11-2-1-3-12(17)6-11/h1-7H,8-9H2. The third-order valence-corrected chi connectivity index (χ3v) is 3.70. The number of ether oxygens (including phenoxy) is 1. The predicted octanol–water partition coefficient (Wildman–Crippen LogP) is 5.06. The van der Waals surface area contributed by atoms with Crippen LogP contribution >= 0.6 is 31.9 Å². The van der Waals surface area contributed by atoms with Crippen molar-refractivity contribution in [2.75, 3.05) is 0 Å². The summed E-state index contributed by atoms with van der Waals surface area (Å²) in [7, 11) is 0. The van der Waals surface area contributed by atoms with E-state index in [1.807, 2.05) is 24.3 Å². The molecule has 0 atom stereocenters. The van der Waals surface area contributed by atoms with E-state index in [1.54, 1.807) is 6.07 Å². The molecule has 0 aliphatic carbocycles. The molecule has 0 aromatic heterocycles. The van der Waals surface area contributed by atoms with Crippen molar-refractivity contribution in [2.45, 2.75) is 11.9 Å². The average molecular weight is 374 g/mol. The molecule has 0 saturated heterocycles. The molecular weight excluding hydrogens is 363 g/mol. The predicted molar refractivity (Wildman–Crippen MR) is 77.5 cm³/mol. The quantitative estimate of drug-likeness (QED) is 0.680. The highest BCUT2D eigenvalue weighted by molar-refractivity contribution is 9.10. The van der Waals surface area contributed by atoms with Gasteiger partial charge in [-0.25, -0.2) is 4.39 Å². The van der Waals surface area contributed by atoms with Crippen LogP contribution < -0.4 is 4.74 Å². The highest BCUT2D eigenvalue weighted by Crippen LogP contribution is 2.27. The lowest BCUT2D eigenvalue weighted by molar-refractivity contribution is 0.303. The minimum atomic E-state index is -0.246. The molecule has 0 spiro atoms. The summed E-state index contributed by atoms with van der Waals surface area (Å²) in [6, 6.07) is 12.3. The number of hydrogen-bond donors (Lipinski definition) is 0. The van der Waals surface area contributed by atoms with E-state index in [2.05, 4.69) is 31.9 Å². The average Bonchev–Trinajstić information content (AvgIpc) is 2.37. The molecule has 18 heavy (non-hydrogen) atoms. The van der Waals surface area contributed by atoms with Gasteiger partial charge in [0.25, 0.3) is 0 Å². The van der Waals surface area contributed by atoms with Gasteiger partial charge in [-0.1, -0.05) is 34.1 Å². The van der Waals surface area contributed by atoms with Crippen molar-refractivity contribution in [3.63, 3.8) is 0 Å². The Labute approximate surface area is 122 Å². The lowest BCUT2D eigenvalue weighted by atomic mass is 10.2. The Balaban J connectivity index is 2.06. The molecule has 0 radical (unpaired) electrons. The molecule has 2 aromatic carbocycles. The van der Waals surface area contributed by atoms with Crippen molar-refractivity contribution in [1.29, 1.82) is 0 Å². The van der Waals surface area contributed by atoms with Gasteiger partial charge in [0.15, 0.2) is 0 Å². The Hall–Kier alpha value is -0.870. The minimum absolute atomic E-state index is 0.246. The fourth-order valence-corrected chi connectivity index (χ4v) is 2.42. The maximum atomic E-state index is 13.0. The van der Waals surface area contributed by atoms with Crippen LogP contribution in [0.5, 0.6) is 5.75 Å². The molecule has 0 aliphatic heterocycles. The molecule has 0 aliphatic rings. The summed E-state index contributed by atoms with van der Waals surface area (Å²) in [5.74, 6) is 0.508. The minimum Gasteiger partial charge on any atom is -0.488 e. The number of benzene rings is 2. The number of halogens is 3. The Kier molecular flexibility index (Phi) is 4.78. The molecular formula is C14H11Br2FO. The monoisotopic (exact) mass is 372 g/mol. The molecule has 0 amide bonds. The molecule has 1 nitrogen and oxygen atoms in total. The zero-order valence-corrected chi connectivity index (χ0v) is 12.7. The molecule has 0 bridgehead atoms. The van der Waals surface area contributed by atoms with Crippen LogP contribution in [0.2, 0.25) is 0 Å². The molecule has 0 unspecified atom stereocenters. The van der Waals surface area contributed by atoms with Crippen LogP contribution in [0.3, 0.4) is 0 Å². The Morgan fingerprint density at radius 1 is 1.06 bits per heavy atom. The van der Waals surface area contributed by atoms with Gasteiger partial charge < -0.3 is 4.74 Å². The topological polar surface area (TPSA) is 9.23 Å². The molecule has 0 heterocycles. The summed E-state index contributed by atoms with van der Waals surface area (Å²) in [5, 5.41) is 0.801. The fraction of sp³-hybridized carbons (Fsp3) is 0.143. The molecule has 2 aromatic rings. The Morgan fingerprint density at radius 3 is 2.56 bits per heavy atom. The normalized spacial score (nSPS) is 10.4. The van der Waals surface area contributed by atoms with Crippen molar-refractivity contribution in [1.82, 2.24) is 0 Å².